The fraction of sp³-hybridized carbons (Fsp3) is 0.261. The van der Waals surface area contributed by atoms with Crippen molar-refractivity contribution in [2.45, 2.75) is 31.4 Å². The molecule has 0 bridgehead atoms. The number of primary amides is 1. The van der Waals surface area contributed by atoms with Gasteiger partial charge in [0.05, 0.1) is 22.6 Å². The third-order valence-corrected chi connectivity index (χ3v) is 7.73. The zero-order valence-corrected chi connectivity index (χ0v) is 19.8. The number of nitrogens with zero attached hydrogens (tertiary/aromatic N) is 3. The Balaban J connectivity index is 1.17. The van der Waals surface area contributed by atoms with Gasteiger partial charge in [-0.1, -0.05) is 0 Å². The summed E-state index contributed by atoms with van der Waals surface area (Å²) in [4.78, 5) is 45.8. The SMILES string of the molecule is NC(=O)c1ccn(-c2ccc(NC(=O)CSCc3nc4sc5c(c4c(=O)[nH]3)CCCC5)cc2)n1. The van der Waals surface area contributed by atoms with Crippen LogP contribution in [0.25, 0.3) is 15.9 Å². The molecule has 4 N–H and O–H groups in total. The van der Waals surface area contributed by atoms with Crippen molar-refractivity contribution >= 4 is 50.8 Å². The Labute approximate surface area is 202 Å². The average molecular weight is 495 g/mol. The Kier molecular flexibility index (Phi) is 6.20. The second kappa shape index (κ2) is 9.43. The van der Waals surface area contributed by atoms with Crippen LogP contribution in [0.1, 0.15) is 39.6 Å². The van der Waals surface area contributed by atoms with Crippen molar-refractivity contribution in [3.8, 4) is 5.69 Å². The third kappa shape index (κ3) is 4.62. The molecule has 174 valence electrons. The van der Waals surface area contributed by atoms with E-state index in [1.165, 1.54) is 26.9 Å². The molecular weight excluding hydrogens is 472 g/mol. The van der Waals surface area contributed by atoms with Crippen molar-refractivity contribution in [3.05, 3.63) is 68.8 Å². The number of nitrogens with one attached hydrogen (secondary N) is 2. The molecule has 2 amide bonds. The Morgan fingerprint density at radius 2 is 1.97 bits per heavy atom. The number of aryl methyl sites for hydroxylation is 2. The first-order valence-corrected chi connectivity index (χ1v) is 12.8. The third-order valence-electron chi connectivity index (χ3n) is 5.60. The minimum Gasteiger partial charge on any atom is -0.364 e. The lowest BCUT2D eigenvalue weighted by molar-refractivity contribution is -0.113. The molecule has 11 heteroatoms. The van der Waals surface area contributed by atoms with Crippen LogP contribution in [0.3, 0.4) is 0 Å². The van der Waals surface area contributed by atoms with Gasteiger partial charge in [0.2, 0.25) is 5.91 Å². The molecule has 0 atom stereocenters. The van der Waals surface area contributed by atoms with Crippen LogP contribution >= 0.6 is 23.1 Å². The van der Waals surface area contributed by atoms with Crippen LogP contribution < -0.4 is 16.6 Å². The molecule has 0 saturated carbocycles. The van der Waals surface area contributed by atoms with Crippen LogP contribution in [0.5, 0.6) is 0 Å². The van der Waals surface area contributed by atoms with Crippen molar-refractivity contribution in [1.82, 2.24) is 19.7 Å². The van der Waals surface area contributed by atoms with Crippen molar-refractivity contribution in [1.29, 1.82) is 0 Å². The van der Waals surface area contributed by atoms with Crippen molar-refractivity contribution in [3.63, 3.8) is 0 Å². The minimum atomic E-state index is -0.589. The predicted molar refractivity (Wildman–Crippen MR) is 134 cm³/mol. The second-order valence-corrected chi connectivity index (χ2v) is 10.1. The summed E-state index contributed by atoms with van der Waals surface area (Å²) in [7, 11) is 0. The summed E-state index contributed by atoms with van der Waals surface area (Å²) in [5.41, 5.74) is 7.89. The summed E-state index contributed by atoms with van der Waals surface area (Å²) in [5, 5.41) is 7.70. The van der Waals surface area contributed by atoms with E-state index in [0.29, 0.717) is 17.3 Å². The van der Waals surface area contributed by atoms with Crippen LogP contribution in [-0.2, 0) is 23.4 Å². The molecule has 0 spiro atoms. The molecule has 4 aromatic rings. The van der Waals surface area contributed by atoms with E-state index in [-0.39, 0.29) is 22.9 Å². The van der Waals surface area contributed by atoms with E-state index in [4.69, 9.17) is 5.73 Å². The molecule has 0 saturated heterocycles. The van der Waals surface area contributed by atoms with Gasteiger partial charge in [0, 0.05) is 16.8 Å². The van der Waals surface area contributed by atoms with Crippen LogP contribution in [0, 0.1) is 0 Å². The first kappa shape index (κ1) is 22.4. The van der Waals surface area contributed by atoms with Gasteiger partial charge in [-0.15, -0.1) is 23.1 Å². The Morgan fingerprint density at radius 1 is 1.18 bits per heavy atom. The van der Waals surface area contributed by atoms with E-state index >= 15 is 0 Å². The van der Waals surface area contributed by atoms with Gasteiger partial charge in [-0.25, -0.2) is 9.67 Å². The normalized spacial score (nSPS) is 13.1. The lowest BCUT2D eigenvalue weighted by Crippen LogP contribution is -2.15. The molecular formula is C23H22N6O3S2. The Bertz CT molecular complexity index is 1440. The van der Waals surface area contributed by atoms with Gasteiger partial charge in [-0.05, 0) is 61.6 Å². The summed E-state index contributed by atoms with van der Waals surface area (Å²) >= 11 is 3.02. The zero-order chi connectivity index (χ0) is 23.7. The van der Waals surface area contributed by atoms with Gasteiger partial charge < -0.3 is 16.0 Å². The number of carbonyl (C=O) groups is 2. The number of hydrogen-bond acceptors (Lipinski definition) is 7. The minimum absolute atomic E-state index is 0.0790. The number of hydrogen-bond donors (Lipinski definition) is 3. The molecule has 5 rings (SSSR count). The van der Waals surface area contributed by atoms with E-state index in [2.05, 4.69) is 20.4 Å². The van der Waals surface area contributed by atoms with Gasteiger partial charge in [-0.3, -0.25) is 14.4 Å². The largest absolute Gasteiger partial charge is 0.364 e. The van der Waals surface area contributed by atoms with Crippen LogP contribution in [0.15, 0.2) is 41.3 Å². The fourth-order valence-electron chi connectivity index (χ4n) is 4.01. The first-order valence-electron chi connectivity index (χ1n) is 10.8. The van der Waals surface area contributed by atoms with Crippen LogP contribution in [0.4, 0.5) is 5.69 Å². The van der Waals surface area contributed by atoms with Gasteiger partial charge >= 0.3 is 0 Å². The fourth-order valence-corrected chi connectivity index (χ4v) is 5.98. The number of aromatic amines is 1. The smallest absolute Gasteiger partial charge is 0.269 e. The summed E-state index contributed by atoms with van der Waals surface area (Å²) in [6.07, 6.45) is 5.90. The zero-order valence-electron chi connectivity index (χ0n) is 18.2. The lowest BCUT2D eigenvalue weighted by Gasteiger charge is -2.09. The van der Waals surface area contributed by atoms with E-state index in [9.17, 15) is 14.4 Å². The molecule has 1 aromatic carbocycles. The van der Waals surface area contributed by atoms with Crippen molar-refractivity contribution in [2.75, 3.05) is 11.1 Å². The van der Waals surface area contributed by atoms with Gasteiger partial charge in [-0.2, -0.15) is 5.10 Å². The van der Waals surface area contributed by atoms with Gasteiger partial charge in [0.1, 0.15) is 16.3 Å². The number of amides is 2. The maximum atomic E-state index is 12.6. The monoisotopic (exact) mass is 494 g/mol. The van der Waals surface area contributed by atoms with Crippen molar-refractivity contribution in [2.24, 2.45) is 5.73 Å². The molecule has 1 aliphatic rings. The number of fused-ring (bicyclic) bond motifs is 3. The van der Waals surface area contributed by atoms with Crippen LogP contribution in [-0.4, -0.2) is 37.3 Å². The van der Waals surface area contributed by atoms with E-state index < -0.39 is 5.91 Å². The molecule has 0 aliphatic heterocycles. The number of rotatable bonds is 7. The number of carbonyl (C=O) groups excluding carboxylic acids is 2. The summed E-state index contributed by atoms with van der Waals surface area (Å²) in [6, 6.07) is 8.63. The van der Waals surface area contributed by atoms with E-state index in [0.717, 1.165) is 41.6 Å². The number of thioether (sulfide) groups is 1. The number of nitrogens with two attached hydrogens (primary N) is 1. The number of H-pyrrole nitrogens is 1. The Morgan fingerprint density at radius 3 is 2.74 bits per heavy atom. The molecule has 0 unspecified atom stereocenters. The van der Waals surface area contributed by atoms with E-state index in [1.807, 2.05) is 0 Å². The maximum absolute atomic E-state index is 12.6. The molecule has 9 nitrogen and oxygen atoms in total. The predicted octanol–water partition coefficient (Wildman–Crippen LogP) is 3.02. The highest BCUT2D eigenvalue weighted by Gasteiger charge is 2.19. The number of anilines is 1. The number of aromatic nitrogens is 4. The molecule has 1 aliphatic carbocycles. The number of thiophene rings is 1. The topological polar surface area (TPSA) is 136 Å². The highest BCUT2D eigenvalue weighted by atomic mass is 32.2. The highest BCUT2D eigenvalue weighted by Crippen LogP contribution is 2.33. The molecule has 0 radical (unpaired) electrons. The summed E-state index contributed by atoms with van der Waals surface area (Å²) < 4.78 is 1.54. The second-order valence-electron chi connectivity index (χ2n) is 8.00. The van der Waals surface area contributed by atoms with Gasteiger partial charge in [0.25, 0.3) is 11.5 Å². The van der Waals surface area contributed by atoms with E-state index in [1.54, 1.807) is 47.9 Å². The Hall–Kier alpha value is -3.44. The highest BCUT2D eigenvalue weighted by molar-refractivity contribution is 7.99. The number of benzene rings is 1. The van der Waals surface area contributed by atoms with Crippen molar-refractivity contribution < 1.29 is 9.59 Å². The summed E-state index contributed by atoms with van der Waals surface area (Å²) in [6.45, 7) is 0. The molecule has 3 aromatic heterocycles. The van der Waals surface area contributed by atoms with Crippen LogP contribution in [0.2, 0.25) is 0 Å². The molecule has 3 heterocycles. The average Bonchev–Trinajstić information content (AvgIpc) is 3.45. The maximum Gasteiger partial charge on any atom is 0.269 e. The van der Waals surface area contributed by atoms with Gasteiger partial charge in [0.15, 0.2) is 0 Å². The summed E-state index contributed by atoms with van der Waals surface area (Å²) in [5.74, 6) is 0.525. The molecule has 0 fully saturated rings. The standard InChI is InChI=1S/C23H22N6O3S2/c24-21(31)16-9-10-29(28-16)14-7-5-13(6-8-14)25-19(30)12-33-11-18-26-22(32)20-15-3-1-2-4-17(15)34-23(20)27-18/h5-10H,1-4,11-12H2,(H2,24,31)(H,25,30)(H,26,27,32). The lowest BCUT2D eigenvalue weighted by atomic mass is 9.97. The molecule has 34 heavy (non-hydrogen) atoms. The first-order chi connectivity index (χ1) is 16.5. The quantitative estimate of drug-likeness (QED) is 0.361.